The van der Waals surface area contributed by atoms with E-state index in [9.17, 15) is 4.79 Å². The summed E-state index contributed by atoms with van der Waals surface area (Å²) >= 11 is 0. The van der Waals surface area contributed by atoms with Crippen LogP contribution in [0.2, 0.25) is 0 Å². The maximum absolute atomic E-state index is 11.0. The third-order valence-corrected chi connectivity index (χ3v) is 4.14. The quantitative estimate of drug-likeness (QED) is 0.167. The van der Waals surface area contributed by atoms with Crippen molar-refractivity contribution in [2.45, 2.75) is 97.3 Å². The van der Waals surface area contributed by atoms with Gasteiger partial charge in [0, 0.05) is 0 Å². The summed E-state index contributed by atoms with van der Waals surface area (Å²) < 4.78 is 0. The number of hydrogen-bond acceptors (Lipinski definition) is 3. The zero-order chi connectivity index (χ0) is 16.5. The molecule has 0 radical (unpaired) electrons. The van der Waals surface area contributed by atoms with Crippen LogP contribution in [0.15, 0.2) is 12.2 Å². The van der Waals surface area contributed by atoms with Gasteiger partial charge in [0.05, 0.1) is 5.92 Å². The molecule has 1 unspecified atom stereocenters. The van der Waals surface area contributed by atoms with E-state index in [-0.39, 0.29) is 5.92 Å². The third-order valence-electron chi connectivity index (χ3n) is 4.14. The molecule has 1 N–H and O–H groups in total. The fourth-order valence-electron chi connectivity index (χ4n) is 2.55. The van der Waals surface area contributed by atoms with Crippen molar-refractivity contribution < 1.29 is 14.9 Å². The van der Waals surface area contributed by atoms with Gasteiger partial charge >= 0.3 is 5.97 Å². The van der Waals surface area contributed by atoms with Crippen LogP contribution in [-0.2, 0) is 9.68 Å². The first-order valence-corrected chi connectivity index (χ1v) is 9.22. The molecule has 0 aliphatic rings. The van der Waals surface area contributed by atoms with Crippen molar-refractivity contribution in [1.82, 2.24) is 0 Å². The van der Waals surface area contributed by atoms with Crippen molar-refractivity contribution in [3.05, 3.63) is 12.2 Å². The molecule has 130 valence electrons. The van der Waals surface area contributed by atoms with Crippen molar-refractivity contribution in [3.8, 4) is 0 Å². The lowest BCUT2D eigenvalue weighted by Crippen LogP contribution is -2.12. The van der Waals surface area contributed by atoms with Crippen molar-refractivity contribution in [3.63, 3.8) is 0 Å². The Hall–Kier alpha value is -0.830. The minimum atomic E-state index is -0.516. The SMILES string of the molecule is CCCCCCCCC=CCCCCCCC(C)C(=O)OO. The molecule has 0 spiro atoms. The van der Waals surface area contributed by atoms with Crippen LogP contribution in [0.1, 0.15) is 97.3 Å². The molecule has 0 aliphatic carbocycles. The minimum Gasteiger partial charge on any atom is -0.301 e. The largest absolute Gasteiger partial charge is 0.344 e. The summed E-state index contributed by atoms with van der Waals surface area (Å²) in [5, 5.41) is 8.26. The van der Waals surface area contributed by atoms with E-state index in [0.717, 1.165) is 19.3 Å². The number of carbonyl (C=O) groups excluding carboxylic acids is 1. The first-order valence-electron chi connectivity index (χ1n) is 9.22. The van der Waals surface area contributed by atoms with E-state index in [4.69, 9.17) is 5.26 Å². The fourth-order valence-corrected chi connectivity index (χ4v) is 2.55. The Morgan fingerprint density at radius 2 is 1.41 bits per heavy atom. The maximum Gasteiger partial charge on any atom is 0.344 e. The third kappa shape index (κ3) is 14.1. The smallest absolute Gasteiger partial charge is 0.301 e. The summed E-state index contributed by atoms with van der Waals surface area (Å²) in [5.74, 6) is -0.708. The van der Waals surface area contributed by atoms with Gasteiger partial charge < -0.3 is 4.89 Å². The highest BCUT2D eigenvalue weighted by Crippen LogP contribution is 2.13. The molecule has 3 heteroatoms. The van der Waals surface area contributed by atoms with Gasteiger partial charge in [0.15, 0.2) is 0 Å². The van der Waals surface area contributed by atoms with E-state index in [1.165, 1.54) is 64.2 Å². The van der Waals surface area contributed by atoms with Gasteiger partial charge in [-0.1, -0.05) is 77.4 Å². The monoisotopic (exact) mass is 312 g/mol. The Morgan fingerprint density at radius 1 is 0.909 bits per heavy atom. The Morgan fingerprint density at radius 3 is 1.95 bits per heavy atom. The average molecular weight is 312 g/mol. The fraction of sp³-hybridized carbons (Fsp3) is 0.842. The van der Waals surface area contributed by atoms with Gasteiger partial charge in [-0.2, -0.15) is 5.26 Å². The Balaban J connectivity index is 3.22. The standard InChI is InChI=1S/C19H36O3/c1-3-4-5-6-7-8-9-10-11-12-13-14-15-16-17-18(2)19(20)22-21/h10-11,18,21H,3-9,12-17H2,1-2H3. The molecule has 0 rings (SSSR count). The number of unbranched alkanes of at least 4 members (excludes halogenated alkanes) is 10. The Labute approximate surface area is 137 Å². The lowest BCUT2D eigenvalue weighted by atomic mass is 10.0. The lowest BCUT2D eigenvalue weighted by molar-refractivity contribution is -0.238. The summed E-state index contributed by atoms with van der Waals surface area (Å²) in [6.45, 7) is 4.05. The molecule has 22 heavy (non-hydrogen) atoms. The second-order valence-corrected chi connectivity index (χ2v) is 6.33. The van der Waals surface area contributed by atoms with Gasteiger partial charge in [-0.05, 0) is 32.1 Å². The molecule has 0 fully saturated rings. The van der Waals surface area contributed by atoms with Crippen molar-refractivity contribution >= 4 is 5.97 Å². The topological polar surface area (TPSA) is 46.5 Å². The molecule has 1 atom stereocenters. The van der Waals surface area contributed by atoms with E-state index in [2.05, 4.69) is 24.0 Å². The first-order chi connectivity index (χ1) is 10.7. The average Bonchev–Trinajstić information content (AvgIpc) is 2.54. The molecule has 3 nitrogen and oxygen atoms in total. The van der Waals surface area contributed by atoms with E-state index in [1.54, 1.807) is 6.92 Å². The zero-order valence-electron chi connectivity index (χ0n) is 14.7. The van der Waals surface area contributed by atoms with E-state index in [1.807, 2.05) is 0 Å². The molecule has 0 aromatic rings. The highest BCUT2D eigenvalue weighted by molar-refractivity contribution is 5.71. The number of hydrogen-bond donors (Lipinski definition) is 1. The number of allylic oxidation sites excluding steroid dienone is 2. The van der Waals surface area contributed by atoms with Gasteiger partial charge in [0.2, 0.25) is 0 Å². The minimum absolute atomic E-state index is 0.192. The Bertz CT molecular complexity index is 274. The summed E-state index contributed by atoms with van der Waals surface area (Å²) in [4.78, 5) is 14.7. The van der Waals surface area contributed by atoms with Crippen LogP contribution in [0.5, 0.6) is 0 Å². The van der Waals surface area contributed by atoms with Gasteiger partial charge in [0.1, 0.15) is 0 Å². The summed E-state index contributed by atoms with van der Waals surface area (Å²) in [6, 6.07) is 0. The van der Waals surface area contributed by atoms with Crippen LogP contribution in [0.3, 0.4) is 0 Å². The van der Waals surface area contributed by atoms with Crippen LogP contribution in [0.4, 0.5) is 0 Å². The van der Waals surface area contributed by atoms with Crippen LogP contribution in [0, 0.1) is 5.92 Å². The molecular formula is C19H36O3. The van der Waals surface area contributed by atoms with Crippen molar-refractivity contribution in [2.24, 2.45) is 5.92 Å². The van der Waals surface area contributed by atoms with Crippen LogP contribution >= 0.6 is 0 Å². The zero-order valence-corrected chi connectivity index (χ0v) is 14.7. The van der Waals surface area contributed by atoms with Crippen LogP contribution < -0.4 is 0 Å². The van der Waals surface area contributed by atoms with Crippen molar-refractivity contribution in [1.29, 1.82) is 0 Å². The summed E-state index contributed by atoms with van der Waals surface area (Å²) in [7, 11) is 0. The van der Waals surface area contributed by atoms with Gasteiger partial charge in [-0.25, -0.2) is 4.79 Å². The van der Waals surface area contributed by atoms with E-state index in [0.29, 0.717) is 0 Å². The molecule has 0 heterocycles. The molecule has 0 saturated carbocycles. The predicted octanol–water partition coefficient (Wildman–Crippen LogP) is 6.29. The normalized spacial score (nSPS) is 12.7. The second kappa shape index (κ2) is 16.5. The highest BCUT2D eigenvalue weighted by atomic mass is 17.1. The lowest BCUT2D eigenvalue weighted by Gasteiger charge is -2.06. The van der Waals surface area contributed by atoms with Gasteiger partial charge in [-0.3, -0.25) is 0 Å². The summed E-state index contributed by atoms with van der Waals surface area (Å²) in [6.07, 6.45) is 20.7. The van der Waals surface area contributed by atoms with Gasteiger partial charge in [0.25, 0.3) is 0 Å². The first kappa shape index (κ1) is 21.2. The van der Waals surface area contributed by atoms with E-state index >= 15 is 0 Å². The van der Waals surface area contributed by atoms with Crippen LogP contribution in [-0.4, -0.2) is 11.2 Å². The van der Waals surface area contributed by atoms with Crippen molar-refractivity contribution in [2.75, 3.05) is 0 Å². The Kier molecular flexibility index (Phi) is 15.9. The molecule has 0 bridgehead atoms. The molecule has 0 aromatic heterocycles. The summed E-state index contributed by atoms with van der Waals surface area (Å²) in [5.41, 5.74) is 0. The number of rotatable bonds is 15. The maximum atomic E-state index is 11.0. The van der Waals surface area contributed by atoms with E-state index < -0.39 is 5.97 Å². The molecule has 0 aromatic carbocycles. The van der Waals surface area contributed by atoms with Crippen LogP contribution in [0.25, 0.3) is 0 Å². The predicted molar refractivity (Wildman–Crippen MR) is 92.7 cm³/mol. The van der Waals surface area contributed by atoms with Gasteiger partial charge in [-0.15, -0.1) is 0 Å². The molecular weight excluding hydrogens is 276 g/mol. The molecule has 0 aliphatic heterocycles. The highest BCUT2D eigenvalue weighted by Gasteiger charge is 2.13. The molecule has 0 amide bonds. The molecule has 0 saturated heterocycles. The second-order valence-electron chi connectivity index (χ2n) is 6.33. The number of carbonyl (C=O) groups is 1.